The monoisotopic (exact) mass is 323 g/mol. The first-order chi connectivity index (χ1) is 10.5. The largest absolute Gasteiger partial charge is 0.335 e. The fourth-order valence-electron chi connectivity index (χ4n) is 3.48. The van der Waals surface area contributed by atoms with Crippen LogP contribution >= 0.6 is 0 Å². The van der Waals surface area contributed by atoms with Gasteiger partial charge in [0.05, 0.1) is 4.75 Å². The SMILES string of the molecule is CC1(C)CN(C(=O)c2cc(C3CCCCC3)[nH]n2)CCS1=O. The average molecular weight is 323 g/mol. The molecular weight excluding hydrogens is 298 g/mol. The predicted octanol–water partition coefficient (Wildman–Crippen LogP) is 2.44. The van der Waals surface area contributed by atoms with Gasteiger partial charge in [-0.1, -0.05) is 19.3 Å². The Morgan fingerprint density at radius 2 is 2.09 bits per heavy atom. The number of carbonyl (C=O) groups is 1. The third-order valence-electron chi connectivity index (χ3n) is 4.88. The van der Waals surface area contributed by atoms with E-state index in [4.69, 9.17) is 0 Å². The first-order valence-electron chi connectivity index (χ1n) is 8.20. The van der Waals surface area contributed by atoms with Crippen molar-refractivity contribution in [3.63, 3.8) is 0 Å². The lowest BCUT2D eigenvalue weighted by Gasteiger charge is -2.36. The molecule has 0 radical (unpaired) electrons. The summed E-state index contributed by atoms with van der Waals surface area (Å²) < 4.78 is 11.6. The van der Waals surface area contributed by atoms with Crippen molar-refractivity contribution in [3.8, 4) is 0 Å². The van der Waals surface area contributed by atoms with Crippen molar-refractivity contribution in [1.82, 2.24) is 15.1 Å². The molecule has 1 aromatic rings. The molecule has 1 saturated carbocycles. The molecule has 0 bridgehead atoms. The van der Waals surface area contributed by atoms with Crippen molar-refractivity contribution < 1.29 is 9.00 Å². The molecule has 1 aliphatic carbocycles. The van der Waals surface area contributed by atoms with Crippen molar-refractivity contribution in [2.24, 2.45) is 0 Å². The lowest BCUT2D eigenvalue weighted by atomic mass is 9.87. The van der Waals surface area contributed by atoms with Crippen LogP contribution in [0.15, 0.2) is 6.07 Å². The summed E-state index contributed by atoms with van der Waals surface area (Å²) in [5, 5.41) is 7.31. The van der Waals surface area contributed by atoms with E-state index in [0.29, 0.717) is 30.5 Å². The number of carbonyl (C=O) groups excluding carboxylic acids is 1. The van der Waals surface area contributed by atoms with Crippen LogP contribution in [0.25, 0.3) is 0 Å². The first kappa shape index (κ1) is 15.7. The van der Waals surface area contributed by atoms with Gasteiger partial charge in [0.25, 0.3) is 5.91 Å². The summed E-state index contributed by atoms with van der Waals surface area (Å²) in [6.45, 7) is 5.01. The zero-order chi connectivity index (χ0) is 15.7. The number of nitrogens with zero attached hydrogens (tertiary/aromatic N) is 2. The Morgan fingerprint density at radius 3 is 2.77 bits per heavy atom. The molecule has 1 N–H and O–H groups in total. The lowest BCUT2D eigenvalue weighted by molar-refractivity contribution is 0.0740. The Labute approximate surface area is 134 Å². The number of hydrogen-bond donors (Lipinski definition) is 1. The van der Waals surface area contributed by atoms with E-state index >= 15 is 0 Å². The second kappa shape index (κ2) is 6.14. The zero-order valence-corrected chi connectivity index (χ0v) is 14.2. The van der Waals surface area contributed by atoms with E-state index < -0.39 is 10.8 Å². The molecule has 1 aromatic heterocycles. The van der Waals surface area contributed by atoms with Crippen LogP contribution in [0.4, 0.5) is 0 Å². The van der Waals surface area contributed by atoms with Crippen LogP contribution in [0.2, 0.25) is 0 Å². The highest BCUT2D eigenvalue weighted by Crippen LogP contribution is 2.32. The quantitative estimate of drug-likeness (QED) is 0.909. The smallest absolute Gasteiger partial charge is 0.274 e. The maximum atomic E-state index is 12.6. The molecule has 1 aliphatic heterocycles. The molecule has 2 heterocycles. The van der Waals surface area contributed by atoms with E-state index in [0.717, 1.165) is 5.69 Å². The Bertz CT molecular complexity index is 576. The van der Waals surface area contributed by atoms with Gasteiger partial charge in [-0.3, -0.25) is 14.1 Å². The number of hydrogen-bond acceptors (Lipinski definition) is 3. The Balaban J connectivity index is 1.70. The van der Waals surface area contributed by atoms with Gasteiger partial charge in [0.2, 0.25) is 0 Å². The fraction of sp³-hybridized carbons (Fsp3) is 0.750. The Hall–Kier alpha value is -1.17. The maximum absolute atomic E-state index is 12.6. The van der Waals surface area contributed by atoms with E-state index in [-0.39, 0.29) is 10.7 Å². The average Bonchev–Trinajstić information content (AvgIpc) is 3.00. The minimum absolute atomic E-state index is 0.0388. The molecule has 2 fully saturated rings. The second-order valence-corrected chi connectivity index (χ2v) is 9.28. The van der Waals surface area contributed by atoms with Gasteiger partial charge in [0.1, 0.15) is 5.69 Å². The number of rotatable bonds is 2. The molecule has 1 saturated heterocycles. The van der Waals surface area contributed by atoms with Crippen molar-refractivity contribution in [2.45, 2.75) is 56.6 Å². The standard InChI is InChI=1S/C16H25N3O2S/c1-16(2)11-19(8-9-22(16)21)15(20)14-10-13(17-18-14)12-6-4-3-5-7-12/h10,12H,3-9,11H2,1-2H3,(H,17,18). The van der Waals surface area contributed by atoms with E-state index in [1.54, 1.807) is 4.90 Å². The minimum atomic E-state index is -0.865. The van der Waals surface area contributed by atoms with Crippen molar-refractivity contribution in [2.75, 3.05) is 18.8 Å². The summed E-state index contributed by atoms with van der Waals surface area (Å²) in [5.74, 6) is 1.04. The van der Waals surface area contributed by atoms with Crippen LogP contribution in [0.5, 0.6) is 0 Å². The summed E-state index contributed by atoms with van der Waals surface area (Å²) in [5.41, 5.74) is 1.60. The van der Waals surface area contributed by atoms with Crippen LogP contribution in [-0.2, 0) is 10.8 Å². The summed E-state index contributed by atoms with van der Waals surface area (Å²) in [6.07, 6.45) is 6.21. The molecule has 1 unspecified atom stereocenters. The maximum Gasteiger partial charge on any atom is 0.274 e. The van der Waals surface area contributed by atoms with Crippen molar-refractivity contribution in [3.05, 3.63) is 17.5 Å². The summed E-state index contributed by atoms with van der Waals surface area (Å²) >= 11 is 0. The van der Waals surface area contributed by atoms with Crippen LogP contribution in [0, 0.1) is 0 Å². The highest BCUT2D eigenvalue weighted by molar-refractivity contribution is 7.86. The molecule has 2 aliphatic rings. The Morgan fingerprint density at radius 1 is 1.36 bits per heavy atom. The van der Waals surface area contributed by atoms with Crippen molar-refractivity contribution in [1.29, 1.82) is 0 Å². The molecular formula is C16H25N3O2S. The molecule has 0 aromatic carbocycles. The van der Waals surface area contributed by atoms with E-state index in [1.165, 1.54) is 32.1 Å². The normalized spacial score (nSPS) is 26.1. The molecule has 5 nitrogen and oxygen atoms in total. The summed E-state index contributed by atoms with van der Waals surface area (Å²) in [6, 6.07) is 1.93. The predicted molar refractivity (Wildman–Crippen MR) is 87.4 cm³/mol. The topological polar surface area (TPSA) is 66.1 Å². The molecule has 1 atom stereocenters. The van der Waals surface area contributed by atoms with E-state index in [1.807, 2.05) is 19.9 Å². The molecule has 0 spiro atoms. The number of H-pyrrole nitrogens is 1. The molecule has 22 heavy (non-hydrogen) atoms. The highest BCUT2D eigenvalue weighted by atomic mass is 32.2. The van der Waals surface area contributed by atoms with Gasteiger partial charge in [0.15, 0.2) is 0 Å². The van der Waals surface area contributed by atoms with Crippen molar-refractivity contribution >= 4 is 16.7 Å². The molecule has 3 rings (SSSR count). The number of aromatic nitrogens is 2. The Kier molecular flexibility index (Phi) is 4.39. The third-order valence-corrected chi connectivity index (χ3v) is 6.80. The van der Waals surface area contributed by atoms with Gasteiger partial charge in [-0.25, -0.2) is 0 Å². The second-order valence-electron chi connectivity index (χ2n) is 7.08. The minimum Gasteiger partial charge on any atom is -0.335 e. The summed E-state index contributed by atoms with van der Waals surface area (Å²) in [4.78, 5) is 14.4. The van der Waals surface area contributed by atoms with Gasteiger partial charge in [-0.05, 0) is 32.8 Å². The summed E-state index contributed by atoms with van der Waals surface area (Å²) in [7, 11) is -0.865. The van der Waals surface area contributed by atoms with Gasteiger partial charge in [0, 0.05) is 41.3 Å². The molecule has 1 amide bonds. The zero-order valence-electron chi connectivity index (χ0n) is 13.4. The lowest BCUT2D eigenvalue weighted by Crippen LogP contribution is -2.52. The third kappa shape index (κ3) is 3.12. The van der Waals surface area contributed by atoms with Crippen LogP contribution in [0.3, 0.4) is 0 Å². The van der Waals surface area contributed by atoms with Crippen LogP contribution < -0.4 is 0 Å². The molecule has 6 heteroatoms. The molecule has 122 valence electrons. The van der Waals surface area contributed by atoms with Gasteiger partial charge >= 0.3 is 0 Å². The number of nitrogens with one attached hydrogen (secondary N) is 1. The van der Waals surface area contributed by atoms with Crippen LogP contribution in [-0.4, -0.2) is 48.8 Å². The fourth-order valence-corrected chi connectivity index (χ4v) is 4.72. The van der Waals surface area contributed by atoms with Crippen LogP contribution in [0.1, 0.15) is 68.1 Å². The van der Waals surface area contributed by atoms with E-state index in [9.17, 15) is 9.00 Å². The number of amides is 1. The van der Waals surface area contributed by atoms with E-state index in [2.05, 4.69) is 10.2 Å². The van der Waals surface area contributed by atoms with Gasteiger partial charge < -0.3 is 4.90 Å². The highest BCUT2D eigenvalue weighted by Gasteiger charge is 2.36. The van der Waals surface area contributed by atoms with Gasteiger partial charge in [-0.2, -0.15) is 5.10 Å². The first-order valence-corrected chi connectivity index (χ1v) is 9.52. The number of aromatic amines is 1. The van der Waals surface area contributed by atoms with Gasteiger partial charge in [-0.15, -0.1) is 0 Å².